The molecule has 0 saturated heterocycles. The fourth-order valence-electron chi connectivity index (χ4n) is 1.55. The minimum absolute atomic E-state index is 0.0893. The van der Waals surface area contributed by atoms with Gasteiger partial charge in [0.05, 0.1) is 30.1 Å². The maximum absolute atomic E-state index is 8.80. The van der Waals surface area contributed by atoms with Gasteiger partial charge >= 0.3 is 0 Å². The molecule has 0 spiro atoms. The van der Waals surface area contributed by atoms with E-state index >= 15 is 0 Å². The van der Waals surface area contributed by atoms with Gasteiger partial charge in [-0.25, -0.2) is 0 Å². The highest BCUT2D eigenvalue weighted by Crippen LogP contribution is 2.26. The SMILES string of the molecule is OCCn1cc(CNc2cc(Br)ccc2Cl)cn1. The topological polar surface area (TPSA) is 50.1 Å². The molecule has 0 aliphatic carbocycles. The van der Waals surface area contributed by atoms with Crippen LogP contribution in [-0.2, 0) is 13.1 Å². The van der Waals surface area contributed by atoms with Crippen molar-refractivity contribution in [2.24, 2.45) is 0 Å². The van der Waals surface area contributed by atoms with Crippen LogP contribution in [-0.4, -0.2) is 21.5 Å². The van der Waals surface area contributed by atoms with Crippen molar-refractivity contribution in [2.45, 2.75) is 13.1 Å². The van der Waals surface area contributed by atoms with Gasteiger partial charge in [0.15, 0.2) is 0 Å². The van der Waals surface area contributed by atoms with Gasteiger partial charge in [-0.3, -0.25) is 4.68 Å². The number of aromatic nitrogens is 2. The highest BCUT2D eigenvalue weighted by Gasteiger charge is 2.02. The maximum atomic E-state index is 8.80. The van der Waals surface area contributed by atoms with Crippen molar-refractivity contribution in [1.29, 1.82) is 0 Å². The van der Waals surface area contributed by atoms with Crippen molar-refractivity contribution in [3.05, 3.63) is 45.7 Å². The Kier molecular flexibility index (Phi) is 4.63. The van der Waals surface area contributed by atoms with E-state index < -0.39 is 0 Å². The molecule has 1 aromatic carbocycles. The Balaban J connectivity index is 1.99. The molecule has 0 saturated carbocycles. The summed E-state index contributed by atoms with van der Waals surface area (Å²) in [5.41, 5.74) is 1.92. The normalized spacial score (nSPS) is 10.6. The Morgan fingerprint density at radius 1 is 1.44 bits per heavy atom. The lowest BCUT2D eigenvalue weighted by molar-refractivity contribution is 0.269. The van der Waals surface area contributed by atoms with Gasteiger partial charge in [-0.15, -0.1) is 0 Å². The lowest BCUT2D eigenvalue weighted by Gasteiger charge is -2.07. The van der Waals surface area contributed by atoms with E-state index in [0.29, 0.717) is 18.1 Å². The van der Waals surface area contributed by atoms with Crippen molar-refractivity contribution in [1.82, 2.24) is 9.78 Å². The largest absolute Gasteiger partial charge is 0.394 e. The zero-order valence-electron chi connectivity index (χ0n) is 9.61. The summed E-state index contributed by atoms with van der Waals surface area (Å²) >= 11 is 9.48. The number of nitrogens with zero attached hydrogens (tertiary/aromatic N) is 2. The van der Waals surface area contributed by atoms with Crippen LogP contribution in [0.4, 0.5) is 5.69 Å². The fourth-order valence-corrected chi connectivity index (χ4v) is 2.10. The molecule has 1 aromatic heterocycles. The second-order valence-corrected chi connectivity index (χ2v) is 5.14. The number of rotatable bonds is 5. The number of hydrogen-bond donors (Lipinski definition) is 2. The molecule has 96 valence electrons. The molecular weight excluding hydrogens is 318 g/mol. The van der Waals surface area contributed by atoms with Gasteiger partial charge in [0, 0.05) is 22.8 Å². The molecule has 2 aromatic rings. The molecule has 0 atom stereocenters. The predicted octanol–water partition coefficient (Wildman–Crippen LogP) is 2.90. The second-order valence-electron chi connectivity index (χ2n) is 3.81. The van der Waals surface area contributed by atoms with Gasteiger partial charge in [-0.05, 0) is 18.2 Å². The van der Waals surface area contributed by atoms with Crippen LogP contribution in [0.5, 0.6) is 0 Å². The van der Waals surface area contributed by atoms with Crippen LogP contribution in [0, 0.1) is 0 Å². The smallest absolute Gasteiger partial charge is 0.0640 e. The summed E-state index contributed by atoms with van der Waals surface area (Å²) in [6.45, 7) is 1.24. The summed E-state index contributed by atoms with van der Waals surface area (Å²) in [4.78, 5) is 0. The van der Waals surface area contributed by atoms with Gasteiger partial charge in [0.25, 0.3) is 0 Å². The summed E-state index contributed by atoms with van der Waals surface area (Å²) in [5, 5.41) is 16.9. The summed E-state index contributed by atoms with van der Waals surface area (Å²) in [6.07, 6.45) is 3.67. The Labute approximate surface area is 119 Å². The third-order valence-electron chi connectivity index (χ3n) is 2.43. The molecule has 2 rings (SSSR count). The zero-order chi connectivity index (χ0) is 13.0. The van der Waals surface area contributed by atoms with Crippen LogP contribution in [0.2, 0.25) is 5.02 Å². The molecule has 18 heavy (non-hydrogen) atoms. The molecule has 0 aliphatic rings. The number of aliphatic hydroxyl groups excluding tert-OH is 1. The average Bonchev–Trinajstić information content (AvgIpc) is 2.79. The summed E-state index contributed by atoms with van der Waals surface area (Å²) < 4.78 is 2.69. The van der Waals surface area contributed by atoms with Gasteiger partial charge < -0.3 is 10.4 Å². The Morgan fingerprint density at radius 2 is 2.28 bits per heavy atom. The predicted molar refractivity (Wildman–Crippen MR) is 75.8 cm³/mol. The van der Waals surface area contributed by atoms with Crippen LogP contribution in [0.3, 0.4) is 0 Å². The first kappa shape index (κ1) is 13.4. The summed E-state index contributed by atoms with van der Waals surface area (Å²) in [6, 6.07) is 5.66. The molecule has 4 nitrogen and oxygen atoms in total. The van der Waals surface area contributed by atoms with E-state index in [2.05, 4.69) is 26.3 Å². The summed E-state index contributed by atoms with van der Waals surface area (Å²) in [7, 11) is 0. The van der Waals surface area contributed by atoms with Gasteiger partial charge in [0.2, 0.25) is 0 Å². The molecule has 0 radical (unpaired) electrons. The van der Waals surface area contributed by atoms with Gasteiger partial charge in [-0.1, -0.05) is 27.5 Å². The van der Waals surface area contributed by atoms with Crippen LogP contribution in [0.25, 0.3) is 0 Å². The van der Waals surface area contributed by atoms with Crippen LogP contribution < -0.4 is 5.32 Å². The molecule has 0 fully saturated rings. The highest BCUT2D eigenvalue weighted by atomic mass is 79.9. The number of aliphatic hydroxyl groups is 1. The maximum Gasteiger partial charge on any atom is 0.0640 e. The summed E-state index contributed by atoms with van der Waals surface area (Å²) in [5.74, 6) is 0. The standard InChI is InChI=1S/C12H13BrClN3O/c13-10-1-2-11(14)12(5-10)15-6-9-7-16-17(8-9)3-4-18/h1-2,5,7-8,15,18H,3-4,6H2. The average molecular weight is 331 g/mol. The first-order valence-corrected chi connectivity index (χ1v) is 6.67. The lowest BCUT2D eigenvalue weighted by atomic mass is 10.3. The molecule has 1 heterocycles. The van der Waals surface area contributed by atoms with Crippen LogP contribution in [0.1, 0.15) is 5.56 Å². The van der Waals surface area contributed by atoms with E-state index in [9.17, 15) is 0 Å². The van der Waals surface area contributed by atoms with E-state index in [1.165, 1.54) is 0 Å². The lowest BCUT2D eigenvalue weighted by Crippen LogP contribution is -2.02. The fraction of sp³-hybridized carbons (Fsp3) is 0.250. The third kappa shape index (κ3) is 3.48. The number of benzene rings is 1. The zero-order valence-corrected chi connectivity index (χ0v) is 11.9. The van der Waals surface area contributed by atoms with Gasteiger partial charge in [0.1, 0.15) is 0 Å². The quantitative estimate of drug-likeness (QED) is 0.886. The minimum atomic E-state index is 0.0893. The second kappa shape index (κ2) is 6.22. The number of halogens is 2. The van der Waals surface area contributed by atoms with Crippen LogP contribution in [0.15, 0.2) is 35.1 Å². The number of nitrogens with one attached hydrogen (secondary N) is 1. The Hall–Kier alpha value is -1.04. The number of anilines is 1. The third-order valence-corrected chi connectivity index (χ3v) is 3.25. The monoisotopic (exact) mass is 329 g/mol. The van der Waals surface area contributed by atoms with Crippen LogP contribution >= 0.6 is 27.5 Å². The van der Waals surface area contributed by atoms with E-state index in [0.717, 1.165) is 15.7 Å². The molecule has 6 heteroatoms. The first-order valence-electron chi connectivity index (χ1n) is 5.50. The van der Waals surface area contributed by atoms with Crippen molar-refractivity contribution in [2.75, 3.05) is 11.9 Å². The molecule has 0 aliphatic heterocycles. The van der Waals surface area contributed by atoms with E-state index in [-0.39, 0.29) is 6.61 Å². The van der Waals surface area contributed by atoms with Crippen molar-refractivity contribution in [3.63, 3.8) is 0 Å². The molecule has 0 bridgehead atoms. The highest BCUT2D eigenvalue weighted by molar-refractivity contribution is 9.10. The van der Waals surface area contributed by atoms with Crippen molar-refractivity contribution in [3.8, 4) is 0 Å². The first-order chi connectivity index (χ1) is 8.69. The molecule has 0 amide bonds. The van der Waals surface area contributed by atoms with E-state index in [1.54, 1.807) is 10.9 Å². The Bertz CT molecular complexity index is 530. The minimum Gasteiger partial charge on any atom is -0.394 e. The molecule has 2 N–H and O–H groups in total. The van der Waals surface area contributed by atoms with Crippen molar-refractivity contribution < 1.29 is 5.11 Å². The molecular formula is C12H13BrClN3O. The van der Waals surface area contributed by atoms with E-state index in [4.69, 9.17) is 16.7 Å². The number of hydrogen-bond acceptors (Lipinski definition) is 3. The van der Waals surface area contributed by atoms with Crippen molar-refractivity contribution >= 4 is 33.2 Å². The van der Waals surface area contributed by atoms with E-state index in [1.807, 2.05) is 24.4 Å². The molecule has 0 unspecified atom stereocenters. The van der Waals surface area contributed by atoms with Gasteiger partial charge in [-0.2, -0.15) is 5.10 Å². The Morgan fingerprint density at radius 3 is 3.06 bits per heavy atom.